The molecule has 0 aromatic heterocycles. The van der Waals surface area contributed by atoms with Gasteiger partial charge < -0.3 is 4.74 Å². The van der Waals surface area contributed by atoms with E-state index >= 15 is 0 Å². The Balaban J connectivity index is 1.56. The second-order valence-corrected chi connectivity index (χ2v) is 6.31. The molecule has 0 fully saturated rings. The predicted molar refractivity (Wildman–Crippen MR) is 108 cm³/mol. The molecule has 6 heteroatoms. The first-order chi connectivity index (χ1) is 13.6. The topological polar surface area (TPSA) is 74.5 Å². The second kappa shape index (κ2) is 9.36. The highest BCUT2D eigenvalue weighted by Crippen LogP contribution is 2.15. The maximum atomic E-state index is 12.0. The van der Waals surface area contributed by atoms with Gasteiger partial charge in [-0.3, -0.25) is 4.79 Å². The number of carbonyl (C=O) groups is 1. The van der Waals surface area contributed by atoms with E-state index < -0.39 is 0 Å². The second-order valence-electron chi connectivity index (χ2n) is 5.88. The smallest absolute Gasteiger partial charge is 0.271 e. The number of ether oxygens (including phenoxy) is 1. The van der Waals surface area contributed by atoms with Crippen LogP contribution < -0.4 is 10.2 Å². The van der Waals surface area contributed by atoms with Crippen LogP contribution in [0.5, 0.6) is 5.75 Å². The molecule has 28 heavy (non-hydrogen) atoms. The molecule has 0 spiro atoms. The van der Waals surface area contributed by atoms with Crippen LogP contribution in [0.25, 0.3) is 0 Å². The molecule has 0 saturated heterocycles. The Labute approximate surface area is 167 Å². The summed E-state index contributed by atoms with van der Waals surface area (Å²) in [6, 6.07) is 23.2. The molecule has 3 aromatic rings. The van der Waals surface area contributed by atoms with Gasteiger partial charge in [-0.15, -0.1) is 0 Å². The van der Waals surface area contributed by atoms with Crippen molar-refractivity contribution >= 4 is 23.7 Å². The zero-order valence-corrected chi connectivity index (χ0v) is 15.6. The average Bonchev–Trinajstić information content (AvgIpc) is 2.73. The van der Waals surface area contributed by atoms with E-state index in [1.54, 1.807) is 24.3 Å². The van der Waals surface area contributed by atoms with Crippen LogP contribution in [0.1, 0.15) is 27.0 Å². The summed E-state index contributed by atoms with van der Waals surface area (Å²) in [6.07, 6.45) is 1.54. The van der Waals surface area contributed by atoms with Gasteiger partial charge in [0.05, 0.1) is 17.8 Å². The molecule has 0 heterocycles. The van der Waals surface area contributed by atoms with Crippen molar-refractivity contribution in [2.45, 2.75) is 6.61 Å². The van der Waals surface area contributed by atoms with Gasteiger partial charge in [0.1, 0.15) is 12.4 Å². The Kier molecular flexibility index (Phi) is 6.40. The summed E-state index contributed by atoms with van der Waals surface area (Å²) in [5.41, 5.74) is 5.18. The lowest BCUT2D eigenvalue weighted by atomic mass is 10.1. The van der Waals surface area contributed by atoms with Gasteiger partial charge in [0, 0.05) is 10.6 Å². The third-order valence-corrected chi connectivity index (χ3v) is 4.08. The number of hydrazone groups is 1. The Hall–Kier alpha value is -3.62. The van der Waals surface area contributed by atoms with E-state index in [1.165, 1.54) is 6.21 Å². The van der Waals surface area contributed by atoms with Crippen molar-refractivity contribution in [2.75, 3.05) is 0 Å². The predicted octanol–water partition coefficient (Wildman–Crippen LogP) is 4.55. The van der Waals surface area contributed by atoms with E-state index in [-0.39, 0.29) is 5.91 Å². The Morgan fingerprint density at radius 3 is 2.57 bits per heavy atom. The lowest BCUT2D eigenvalue weighted by Crippen LogP contribution is -2.17. The van der Waals surface area contributed by atoms with Gasteiger partial charge in [0.25, 0.3) is 5.91 Å². The van der Waals surface area contributed by atoms with Gasteiger partial charge >= 0.3 is 0 Å². The first kappa shape index (κ1) is 19.2. The summed E-state index contributed by atoms with van der Waals surface area (Å²) in [7, 11) is 0. The molecule has 0 unspecified atom stereocenters. The molecule has 138 valence electrons. The molecule has 0 atom stereocenters. The summed E-state index contributed by atoms with van der Waals surface area (Å²) in [6.45, 7) is 0.424. The van der Waals surface area contributed by atoms with E-state index in [1.807, 2.05) is 54.6 Å². The van der Waals surface area contributed by atoms with Crippen LogP contribution >= 0.6 is 11.6 Å². The molecular weight excluding hydrogens is 374 g/mol. The SMILES string of the molecule is N#Cc1ccc(C(=O)N/N=C\c2cccc(OCc3ccc(Cl)cc3)c2)cc1. The maximum Gasteiger partial charge on any atom is 0.271 e. The molecule has 1 amide bonds. The van der Waals surface area contributed by atoms with Gasteiger partial charge in [-0.05, 0) is 59.7 Å². The fourth-order valence-electron chi connectivity index (χ4n) is 2.36. The van der Waals surface area contributed by atoms with E-state index in [0.29, 0.717) is 28.5 Å². The molecule has 0 aliphatic carbocycles. The Morgan fingerprint density at radius 2 is 1.86 bits per heavy atom. The summed E-state index contributed by atoms with van der Waals surface area (Å²) < 4.78 is 5.77. The van der Waals surface area contributed by atoms with Crippen LogP contribution in [-0.2, 0) is 6.61 Å². The third-order valence-electron chi connectivity index (χ3n) is 3.83. The molecule has 0 saturated carbocycles. The normalized spacial score (nSPS) is 10.4. The zero-order chi connectivity index (χ0) is 19.8. The van der Waals surface area contributed by atoms with Crippen molar-refractivity contribution in [3.8, 4) is 11.8 Å². The maximum absolute atomic E-state index is 12.0. The third kappa shape index (κ3) is 5.44. The number of hydrogen-bond donors (Lipinski definition) is 1. The molecule has 0 bridgehead atoms. The van der Waals surface area contributed by atoms with Crippen LogP contribution in [0.15, 0.2) is 77.9 Å². The molecule has 0 radical (unpaired) electrons. The molecule has 3 rings (SSSR count). The van der Waals surface area contributed by atoms with Crippen LogP contribution in [0.3, 0.4) is 0 Å². The van der Waals surface area contributed by atoms with Crippen LogP contribution in [-0.4, -0.2) is 12.1 Å². The molecular formula is C22H16ClN3O2. The number of carbonyl (C=O) groups excluding carboxylic acids is 1. The average molecular weight is 390 g/mol. The largest absolute Gasteiger partial charge is 0.489 e. The lowest BCUT2D eigenvalue weighted by Gasteiger charge is -2.07. The van der Waals surface area contributed by atoms with Crippen molar-refractivity contribution in [2.24, 2.45) is 5.10 Å². The number of nitrogens with one attached hydrogen (secondary N) is 1. The molecule has 3 aromatic carbocycles. The summed E-state index contributed by atoms with van der Waals surface area (Å²) >= 11 is 5.87. The minimum atomic E-state index is -0.351. The van der Waals surface area contributed by atoms with Crippen molar-refractivity contribution in [1.29, 1.82) is 5.26 Å². The fraction of sp³-hybridized carbons (Fsp3) is 0.0455. The highest BCUT2D eigenvalue weighted by atomic mass is 35.5. The van der Waals surface area contributed by atoms with Crippen molar-refractivity contribution in [1.82, 2.24) is 5.43 Å². The Bertz CT molecular complexity index is 1020. The van der Waals surface area contributed by atoms with E-state index in [4.69, 9.17) is 21.6 Å². The van der Waals surface area contributed by atoms with Crippen molar-refractivity contribution in [3.63, 3.8) is 0 Å². The van der Waals surface area contributed by atoms with Gasteiger partial charge in [-0.25, -0.2) is 5.43 Å². The first-order valence-corrected chi connectivity index (χ1v) is 8.83. The van der Waals surface area contributed by atoms with Gasteiger partial charge in [-0.1, -0.05) is 35.9 Å². The molecule has 0 aliphatic heterocycles. The molecule has 5 nitrogen and oxygen atoms in total. The minimum absolute atomic E-state index is 0.351. The number of hydrogen-bond acceptors (Lipinski definition) is 4. The number of nitriles is 1. The number of amides is 1. The van der Waals surface area contributed by atoms with Gasteiger partial charge in [0.15, 0.2) is 0 Å². The van der Waals surface area contributed by atoms with Gasteiger partial charge in [0.2, 0.25) is 0 Å². The number of benzene rings is 3. The van der Waals surface area contributed by atoms with Crippen molar-refractivity contribution < 1.29 is 9.53 Å². The Morgan fingerprint density at radius 1 is 1.11 bits per heavy atom. The lowest BCUT2D eigenvalue weighted by molar-refractivity contribution is 0.0955. The highest BCUT2D eigenvalue weighted by Gasteiger charge is 2.03. The van der Waals surface area contributed by atoms with Crippen LogP contribution in [0.2, 0.25) is 5.02 Å². The standard InChI is InChI=1S/C22H16ClN3O2/c23-20-10-6-17(7-11-20)15-28-21-3-1-2-18(12-21)14-25-26-22(27)19-8-4-16(13-24)5-9-19/h1-12,14H,15H2,(H,26,27)/b25-14-. The first-order valence-electron chi connectivity index (χ1n) is 8.45. The van der Waals surface area contributed by atoms with E-state index in [0.717, 1.165) is 11.1 Å². The number of rotatable bonds is 6. The number of halogens is 1. The van der Waals surface area contributed by atoms with E-state index in [2.05, 4.69) is 10.5 Å². The quantitative estimate of drug-likeness (QED) is 0.496. The van der Waals surface area contributed by atoms with Crippen molar-refractivity contribution in [3.05, 3.63) is 100 Å². The zero-order valence-electron chi connectivity index (χ0n) is 14.8. The molecule has 0 aliphatic rings. The minimum Gasteiger partial charge on any atom is -0.489 e. The van der Waals surface area contributed by atoms with E-state index in [9.17, 15) is 4.79 Å². The fourth-order valence-corrected chi connectivity index (χ4v) is 2.48. The van der Waals surface area contributed by atoms with Gasteiger partial charge in [-0.2, -0.15) is 10.4 Å². The summed E-state index contributed by atoms with van der Waals surface area (Å²) in [4.78, 5) is 12.0. The molecule has 1 N–H and O–H groups in total. The summed E-state index contributed by atoms with van der Waals surface area (Å²) in [5.74, 6) is 0.341. The summed E-state index contributed by atoms with van der Waals surface area (Å²) in [5, 5.41) is 13.4. The number of nitrogens with zero attached hydrogens (tertiary/aromatic N) is 2. The highest BCUT2D eigenvalue weighted by molar-refractivity contribution is 6.30. The monoisotopic (exact) mass is 389 g/mol. The van der Waals surface area contributed by atoms with Crippen LogP contribution in [0.4, 0.5) is 0 Å². The van der Waals surface area contributed by atoms with Crippen LogP contribution in [0, 0.1) is 11.3 Å².